The second kappa shape index (κ2) is 15.8. The van der Waals surface area contributed by atoms with Crippen LogP contribution in [0.3, 0.4) is 0 Å². The van der Waals surface area contributed by atoms with E-state index in [1.807, 2.05) is 70.3 Å². The third-order valence-electron chi connectivity index (χ3n) is 8.72. The Labute approximate surface area is 297 Å². The van der Waals surface area contributed by atoms with Crippen molar-refractivity contribution in [3.63, 3.8) is 0 Å². The molecule has 3 N–H and O–H groups in total. The van der Waals surface area contributed by atoms with Gasteiger partial charge < -0.3 is 29.8 Å². The molecule has 51 heavy (non-hydrogen) atoms. The minimum atomic E-state index is -0.437. The SMILES string of the molecule is CC(C)(C)OC(=O)N1CCC(O)CC1.Cc1cccc(-c2[nH]cnc2-c2ccc3ncc(-c4ccc(C(=O)OC5CCNCC5)nc4)cc3c2)n1. The van der Waals surface area contributed by atoms with Crippen LogP contribution in [0.4, 0.5) is 4.79 Å². The molecule has 1 aromatic carbocycles. The quantitative estimate of drug-likeness (QED) is 0.178. The number of piperidine rings is 2. The van der Waals surface area contributed by atoms with E-state index in [4.69, 9.17) is 9.47 Å². The van der Waals surface area contributed by atoms with Crippen LogP contribution in [0.1, 0.15) is 62.6 Å². The number of aromatic nitrogens is 5. The fraction of sp³-hybridized carbons (Fsp3) is 0.385. The van der Waals surface area contributed by atoms with Gasteiger partial charge in [0.1, 0.15) is 17.4 Å². The molecular weight excluding hydrogens is 646 g/mol. The van der Waals surface area contributed by atoms with E-state index in [2.05, 4.69) is 42.4 Å². The van der Waals surface area contributed by atoms with Gasteiger partial charge in [-0.05, 0) is 103 Å². The van der Waals surface area contributed by atoms with Gasteiger partial charge in [0.2, 0.25) is 0 Å². The van der Waals surface area contributed by atoms with Crippen LogP contribution in [0.25, 0.3) is 44.7 Å². The Morgan fingerprint density at radius 3 is 2.31 bits per heavy atom. The second-order valence-electron chi connectivity index (χ2n) is 13.9. The van der Waals surface area contributed by atoms with Crippen LogP contribution in [0.5, 0.6) is 0 Å². The summed E-state index contributed by atoms with van der Waals surface area (Å²) in [4.78, 5) is 47.2. The number of hydrogen-bond donors (Lipinski definition) is 3. The van der Waals surface area contributed by atoms with Gasteiger partial charge in [-0.3, -0.25) is 9.97 Å². The van der Waals surface area contributed by atoms with Crippen LogP contribution in [-0.4, -0.2) is 91.0 Å². The molecule has 5 aromatic rings. The number of carbonyl (C=O) groups excluding carboxylic acids is 2. The number of fused-ring (bicyclic) bond motifs is 1. The highest BCUT2D eigenvalue weighted by molar-refractivity contribution is 5.90. The lowest BCUT2D eigenvalue weighted by Crippen LogP contribution is -2.42. The Kier molecular flexibility index (Phi) is 11.0. The molecule has 7 rings (SSSR count). The number of likely N-dealkylation sites (tertiary alicyclic amines) is 1. The number of ether oxygens (including phenoxy) is 2. The van der Waals surface area contributed by atoms with E-state index in [1.54, 1.807) is 23.5 Å². The number of benzene rings is 1. The number of carbonyl (C=O) groups is 2. The highest BCUT2D eigenvalue weighted by Crippen LogP contribution is 2.31. The number of aliphatic hydroxyl groups is 1. The molecule has 266 valence electrons. The number of esters is 1. The van der Waals surface area contributed by atoms with E-state index >= 15 is 0 Å². The average molecular weight is 692 g/mol. The largest absolute Gasteiger partial charge is 0.458 e. The van der Waals surface area contributed by atoms with E-state index in [0.717, 1.165) is 76.3 Å². The first-order valence-corrected chi connectivity index (χ1v) is 17.4. The molecule has 0 saturated carbocycles. The van der Waals surface area contributed by atoms with Gasteiger partial charge in [-0.2, -0.15) is 0 Å². The van der Waals surface area contributed by atoms with E-state index in [-0.39, 0.29) is 24.3 Å². The van der Waals surface area contributed by atoms with Gasteiger partial charge in [0.15, 0.2) is 0 Å². The topological polar surface area (TPSA) is 155 Å². The Balaban J connectivity index is 0.000000270. The van der Waals surface area contributed by atoms with Crippen molar-refractivity contribution < 1.29 is 24.2 Å². The van der Waals surface area contributed by atoms with E-state index < -0.39 is 5.60 Å². The van der Waals surface area contributed by atoms with Crippen molar-refractivity contribution in [1.29, 1.82) is 0 Å². The van der Waals surface area contributed by atoms with Crippen molar-refractivity contribution in [3.05, 3.63) is 84.7 Å². The number of nitrogens with one attached hydrogen (secondary N) is 2. The van der Waals surface area contributed by atoms with Crippen molar-refractivity contribution in [1.82, 2.24) is 35.1 Å². The van der Waals surface area contributed by atoms with Crippen molar-refractivity contribution in [3.8, 4) is 33.8 Å². The lowest BCUT2D eigenvalue weighted by Gasteiger charge is -2.31. The number of aromatic amines is 1. The third-order valence-corrected chi connectivity index (χ3v) is 8.72. The van der Waals surface area contributed by atoms with Crippen LogP contribution in [0.2, 0.25) is 0 Å². The predicted octanol–water partition coefficient (Wildman–Crippen LogP) is 6.34. The van der Waals surface area contributed by atoms with Crippen LogP contribution in [0, 0.1) is 6.92 Å². The minimum absolute atomic E-state index is 0.0501. The number of nitrogens with zero attached hydrogens (tertiary/aromatic N) is 5. The van der Waals surface area contributed by atoms with Gasteiger partial charge in [0.25, 0.3) is 0 Å². The Hall–Kier alpha value is -5.20. The Morgan fingerprint density at radius 2 is 1.61 bits per heavy atom. The predicted molar refractivity (Wildman–Crippen MR) is 195 cm³/mol. The van der Waals surface area contributed by atoms with Gasteiger partial charge in [-0.15, -0.1) is 0 Å². The summed E-state index contributed by atoms with van der Waals surface area (Å²) in [7, 11) is 0. The summed E-state index contributed by atoms with van der Waals surface area (Å²) in [5.74, 6) is -0.377. The van der Waals surface area contributed by atoms with Gasteiger partial charge in [0.05, 0.1) is 35.0 Å². The molecule has 2 saturated heterocycles. The summed E-state index contributed by atoms with van der Waals surface area (Å²) in [6.07, 6.45) is 7.59. The standard InChI is InChI=1S/C29H26N6O2.C10H19NO3/c1-18-3-2-4-25(35-18)28-27(33-17-34-28)19-5-7-24-21(13-19)14-22(16-31-24)20-6-8-26(32-15-20)29(36)37-23-9-11-30-12-10-23;1-10(2,3)14-9(13)11-6-4-8(12)5-7-11/h2-8,13-17,23,30H,9-12H2,1H3,(H,33,34);8,12H,4-7H2,1-3H3. The Bertz CT molecular complexity index is 1960. The highest BCUT2D eigenvalue weighted by Gasteiger charge is 2.26. The third kappa shape index (κ3) is 9.33. The molecule has 0 bridgehead atoms. The lowest BCUT2D eigenvalue weighted by atomic mass is 10.0. The molecule has 2 aliphatic heterocycles. The number of rotatable bonds is 5. The summed E-state index contributed by atoms with van der Waals surface area (Å²) in [6.45, 7) is 10.4. The van der Waals surface area contributed by atoms with Crippen molar-refractivity contribution in [2.75, 3.05) is 26.2 Å². The average Bonchev–Trinajstić information content (AvgIpc) is 3.62. The molecular formula is C39H45N7O5. The first-order valence-electron chi connectivity index (χ1n) is 17.4. The molecule has 2 fully saturated rings. The summed E-state index contributed by atoms with van der Waals surface area (Å²) < 4.78 is 10.8. The highest BCUT2D eigenvalue weighted by atomic mass is 16.6. The van der Waals surface area contributed by atoms with E-state index in [9.17, 15) is 14.7 Å². The molecule has 6 heterocycles. The summed E-state index contributed by atoms with van der Waals surface area (Å²) in [6, 6.07) is 17.7. The van der Waals surface area contributed by atoms with Gasteiger partial charge in [-0.25, -0.2) is 19.6 Å². The molecule has 12 nitrogen and oxygen atoms in total. The zero-order chi connectivity index (χ0) is 36.0. The first kappa shape index (κ1) is 35.6. The normalized spacial score (nSPS) is 15.6. The summed E-state index contributed by atoms with van der Waals surface area (Å²) >= 11 is 0. The summed E-state index contributed by atoms with van der Waals surface area (Å²) in [5, 5.41) is 13.5. The van der Waals surface area contributed by atoms with E-state index in [1.165, 1.54) is 0 Å². The minimum Gasteiger partial charge on any atom is -0.458 e. The molecule has 12 heteroatoms. The van der Waals surface area contributed by atoms with Gasteiger partial charge in [-0.1, -0.05) is 18.2 Å². The van der Waals surface area contributed by atoms with Gasteiger partial charge >= 0.3 is 12.1 Å². The number of H-pyrrole nitrogens is 1. The maximum atomic E-state index is 12.5. The molecule has 0 radical (unpaired) electrons. The van der Waals surface area contributed by atoms with Crippen LogP contribution in [-0.2, 0) is 9.47 Å². The number of hydrogen-bond acceptors (Lipinski definition) is 10. The summed E-state index contributed by atoms with van der Waals surface area (Å²) in [5.41, 5.74) is 7.04. The molecule has 0 unspecified atom stereocenters. The number of imidazole rings is 1. The number of amides is 1. The zero-order valence-electron chi connectivity index (χ0n) is 29.6. The number of pyridine rings is 3. The molecule has 0 aliphatic carbocycles. The van der Waals surface area contributed by atoms with Crippen LogP contribution >= 0.6 is 0 Å². The molecule has 0 spiro atoms. The lowest BCUT2D eigenvalue weighted by molar-refractivity contribution is 0.00996. The van der Waals surface area contributed by atoms with Gasteiger partial charge in [0, 0.05) is 53.3 Å². The van der Waals surface area contributed by atoms with Crippen LogP contribution in [0.15, 0.2) is 73.3 Å². The number of aliphatic hydroxyl groups excluding tert-OH is 1. The Morgan fingerprint density at radius 1 is 0.882 bits per heavy atom. The van der Waals surface area contributed by atoms with Crippen LogP contribution < -0.4 is 5.32 Å². The zero-order valence-corrected chi connectivity index (χ0v) is 29.6. The maximum Gasteiger partial charge on any atom is 0.410 e. The second-order valence-corrected chi connectivity index (χ2v) is 13.9. The first-order chi connectivity index (χ1) is 24.5. The number of aryl methyl sites for hydroxylation is 1. The molecule has 2 aliphatic rings. The fourth-order valence-electron chi connectivity index (χ4n) is 6.01. The van der Waals surface area contributed by atoms with E-state index in [0.29, 0.717) is 31.6 Å². The molecule has 1 amide bonds. The monoisotopic (exact) mass is 691 g/mol. The smallest absolute Gasteiger partial charge is 0.410 e. The van der Waals surface area contributed by atoms with Crippen molar-refractivity contribution >= 4 is 23.0 Å². The molecule has 4 aromatic heterocycles. The maximum absolute atomic E-state index is 12.5. The van der Waals surface area contributed by atoms with Crippen molar-refractivity contribution in [2.24, 2.45) is 0 Å². The van der Waals surface area contributed by atoms with Crippen molar-refractivity contribution in [2.45, 2.75) is 71.2 Å². The fourth-order valence-corrected chi connectivity index (χ4v) is 6.01. The molecule has 0 atom stereocenters.